The minimum Gasteiger partial charge on any atom is -0.475 e. The zero-order valence-electron chi connectivity index (χ0n) is 15.9. The number of benzene rings is 1. The molecule has 2 N–H and O–H groups in total. The molecule has 3 unspecified atom stereocenters. The average molecular weight is 359 g/mol. The molecule has 0 aromatic heterocycles. The van der Waals surface area contributed by atoms with Crippen LogP contribution in [0.4, 0.5) is 10.5 Å². The van der Waals surface area contributed by atoms with Crippen molar-refractivity contribution in [3.8, 4) is 5.75 Å². The summed E-state index contributed by atoms with van der Waals surface area (Å²) in [4.78, 5) is 16.9. The number of amides is 1. The molecule has 0 spiro atoms. The zero-order chi connectivity index (χ0) is 18.5. The number of rotatable bonds is 1. The summed E-state index contributed by atoms with van der Waals surface area (Å²) in [6.45, 7) is 7.42. The third-order valence-corrected chi connectivity index (χ3v) is 5.48. The molecule has 6 nitrogen and oxygen atoms in total. The van der Waals surface area contributed by atoms with Crippen molar-refractivity contribution >= 4 is 11.8 Å². The lowest BCUT2D eigenvalue weighted by Gasteiger charge is -2.42. The van der Waals surface area contributed by atoms with Crippen LogP contribution in [0.2, 0.25) is 0 Å². The van der Waals surface area contributed by atoms with E-state index in [1.165, 1.54) is 5.56 Å². The van der Waals surface area contributed by atoms with Gasteiger partial charge in [-0.05, 0) is 51.7 Å². The summed E-state index contributed by atoms with van der Waals surface area (Å²) < 4.78 is 11.4. The van der Waals surface area contributed by atoms with Crippen LogP contribution < -0.4 is 15.4 Å². The number of carbonyl (C=O) groups excluding carboxylic acids is 1. The third kappa shape index (κ3) is 3.34. The topological polar surface area (TPSA) is 68.0 Å². The molecule has 2 fully saturated rings. The van der Waals surface area contributed by atoms with E-state index in [-0.39, 0.29) is 24.4 Å². The first kappa shape index (κ1) is 17.5. The Labute approximate surface area is 155 Å². The van der Waals surface area contributed by atoms with Gasteiger partial charge in [-0.3, -0.25) is 10.6 Å². The molecule has 4 rings (SSSR count). The number of carbonyl (C=O) groups is 1. The lowest BCUT2D eigenvalue weighted by atomic mass is 10.0. The van der Waals surface area contributed by atoms with Crippen molar-refractivity contribution < 1.29 is 14.3 Å². The van der Waals surface area contributed by atoms with Gasteiger partial charge in [0.25, 0.3) is 0 Å². The standard InChI is InChI=1S/C20H29N3O3/c1-20(2,3)26-19(24)23-15-7-8-16(23)12-22(11-15)14-6-4-13-5-9-18(21)25-17(13)10-14/h4,6,10,15-16,18H,5,7-9,11-12,21H2,1-3H3. The predicted molar refractivity (Wildman–Crippen MR) is 100 cm³/mol. The van der Waals surface area contributed by atoms with E-state index < -0.39 is 5.60 Å². The summed E-state index contributed by atoms with van der Waals surface area (Å²) in [7, 11) is 0. The summed E-state index contributed by atoms with van der Waals surface area (Å²) >= 11 is 0. The minimum absolute atomic E-state index is 0.176. The van der Waals surface area contributed by atoms with Gasteiger partial charge in [-0.1, -0.05) is 6.07 Å². The molecule has 3 atom stereocenters. The van der Waals surface area contributed by atoms with Gasteiger partial charge in [-0.15, -0.1) is 0 Å². The maximum atomic E-state index is 12.6. The Morgan fingerprint density at radius 1 is 1.19 bits per heavy atom. The van der Waals surface area contributed by atoms with E-state index in [1.54, 1.807) is 0 Å². The molecule has 1 aromatic carbocycles. The normalized spacial score (nSPS) is 27.8. The first-order chi connectivity index (χ1) is 12.3. The fourth-order valence-corrected chi connectivity index (χ4v) is 4.30. The van der Waals surface area contributed by atoms with Crippen LogP contribution in [0.5, 0.6) is 5.75 Å². The highest BCUT2D eigenvalue weighted by Crippen LogP contribution is 2.36. The van der Waals surface area contributed by atoms with Crippen LogP contribution in [-0.4, -0.2) is 48.0 Å². The van der Waals surface area contributed by atoms with Crippen molar-refractivity contribution in [2.24, 2.45) is 5.73 Å². The number of hydrogen-bond acceptors (Lipinski definition) is 5. The van der Waals surface area contributed by atoms with Crippen LogP contribution >= 0.6 is 0 Å². The van der Waals surface area contributed by atoms with Crippen LogP contribution in [0.25, 0.3) is 0 Å². The SMILES string of the molecule is CC(C)(C)OC(=O)N1C2CCC1CN(c1ccc3c(c1)OC(N)CC3)C2. The second kappa shape index (κ2) is 6.34. The fourth-order valence-electron chi connectivity index (χ4n) is 4.30. The highest BCUT2D eigenvalue weighted by atomic mass is 16.6. The third-order valence-electron chi connectivity index (χ3n) is 5.48. The number of ether oxygens (including phenoxy) is 2. The predicted octanol–water partition coefficient (Wildman–Crippen LogP) is 2.88. The van der Waals surface area contributed by atoms with Gasteiger partial charge >= 0.3 is 6.09 Å². The molecule has 3 heterocycles. The first-order valence-electron chi connectivity index (χ1n) is 9.61. The van der Waals surface area contributed by atoms with E-state index in [0.717, 1.165) is 50.2 Å². The van der Waals surface area contributed by atoms with Crippen LogP contribution in [0.3, 0.4) is 0 Å². The highest BCUT2D eigenvalue weighted by Gasteiger charge is 2.44. The molecule has 0 saturated carbocycles. The number of nitrogens with zero attached hydrogens (tertiary/aromatic N) is 2. The van der Waals surface area contributed by atoms with E-state index in [4.69, 9.17) is 15.2 Å². The monoisotopic (exact) mass is 359 g/mol. The molecule has 26 heavy (non-hydrogen) atoms. The van der Waals surface area contributed by atoms with Gasteiger partial charge in [0.05, 0.1) is 12.1 Å². The van der Waals surface area contributed by atoms with Crippen molar-refractivity contribution in [3.05, 3.63) is 23.8 Å². The Kier molecular flexibility index (Phi) is 4.26. The Balaban J connectivity index is 1.49. The highest BCUT2D eigenvalue weighted by molar-refractivity contribution is 5.70. The Morgan fingerprint density at radius 3 is 2.54 bits per heavy atom. The Morgan fingerprint density at radius 2 is 1.88 bits per heavy atom. The molecule has 142 valence electrons. The van der Waals surface area contributed by atoms with Gasteiger partial charge in [-0.2, -0.15) is 0 Å². The summed E-state index contributed by atoms with van der Waals surface area (Å²) in [5, 5.41) is 0. The van der Waals surface area contributed by atoms with Crippen LogP contribution in [0.1, 0.15) is 45.6 Å². The van der Waals surface area contributed by atoms with Crippen molar-refractivity contribution in [1.82, 2.24) is 4.90 Å². The number of anilines is 1. The average Bonchev–Trinajstić information content (AvgIpc) is 2.83. The van der Waals surface area contributed by atoms with Crippen LogP contribution in [0.15, 0.2) is 18.2 Å². The largest absolute Gasteiger partial charge is 0.475 e. The lowest BCUT2D eigenvalue weighted by molar-refractivity contribution is 0.0123. The molecule has 3 aliphatic rings. The fraction of sp³-hybridized carbons (Fsp3) is 0.650. The van der Waals surface area contributed by atoms with E-state index in [0.29, 0.717) is 0 Å². The lowest BCUT2D eigenvalue weighted by Crippen LogP contribution is -2.56. The van der Waals surface area contributed by atoms with Gasteiger partial charge in [0.15, 0.2) is 0 Å². The number of nitrogens with two attached hydrogens (primary N) is 1. The maximum absolute atomic E-state index is 12.6. The summed E-state index contributed by atoms with van der Waals surface area (Å²) in [5.74, 6) is 0.906. The van der Waals surface area contributed by atoms with E-state index >= 15 is 0 Å². The number of aryl methyl sites for hydroxylation is 1. The van der Waals surface area contributed by atoms with Crippen molar-refractivity contribution in [3.63, 3.8) is 0 Å². The number of hydrogen-bond donors (Lipinski definition) is 1. The quantitative estimate of drug-likeness (QED) is 0.835. The summed E-state index contributed by atoms with van der Waals surface area (Å²) in [6.07, 6.45) is 3.52. The smallest absolute Gasteiger partial charge is 0.410 e. The molecule has 2 bridgehead atoms. The van der Waals surface area contributed by atoms with Crippen molar-refractivity contribution in [2.45, 2.75) is 70.4 Å². The van der Waals surface area contributed by atoms with E-state index in [9.17, 15) is 4.79 Å². The van der Waals surface area contributed by atoms with Crippen molar-refractivity contribution in [2.75, 3.05) is 18.0 Å². The number of piperazine rings is 1. The van der Waals surface area contributed by atoms with Crippen LogP contribution in [-0.2, 0) is 11.2 Å². The van der Waals surface area contributed by atoms with Gasteiger partial charge in [0, 0.05) is 31.3 Å². The van der Waals surface area contributed by atoms with Gasteiger partial charge in [0.1, 0.15) is 17.6 Å². The van der Waals surface area contributed by atoms with Gasteiger partial charge < -0.3 is 14.4 Å². The summed E-state index contributed by atoms with van der Waals surface area (Å²) in [5.41, 5.74) is 7.86. The Hall–Kier alpha value is -1.95. The second-order valence-corrected chi connectivity index (χ2v) is 8.66. The van der Waals surface area contributed by atoms with Gasteiger partial charge in [-0.25, -0.2) is 4.79 Å². The minimum atomic E-state index is -0.456. The maximum Gasteiger partial charge on any atom is 0.410 e. The molecular formula is C20H29N3O3. The molecule has 6 heteroatoms. The van der Waals surface area contributed by atoms with Crippen LogP contribution in [0, 0.1) is 0 Å². The molecule has 3 aliphatic heterocycles. The molecule has 2 saturated heterocycles. The molecule has 1 aromatic rings. The van der Waals surface area contributed by atoms with Gasteiger partial charge in [0.2, 0.25) is 0 Å². The summed E-state index contributed by atoms with van der Waals surface area (Å²) in [6, 6.07) is 6.85. The second-order valence-electron chi connectivity index (χ2n) is 8.66. The molecular weight excluding hydrogens is 330 g/mol. The van der Waals surface area contributed by atoms with Crippen molar-refractivity contribution in [1.29, 1.82) is 0 Å². The van der Waals surface area contributed by atoms with E-state index in [1.807, 2.05) is 25.7 Å². The zero-order valence-corrected chi connectivity index (χ0v) is 15.9. The number of fused-ring (bicyclic) bond motifs is 3. The van der Waals surface area contributed by atoms with E-state index in [2.05, 4.69) is 23.1 Å². The molecule has 0 radical (unpaired) electrons. The first-order valence-corrected chi connectivity index (χ1v) is 9.61. The Bertz CT molecular complexity index is 686. The molecule has 0 aliphatic carbocycles. The molecule has 1 amide bonds.